The zero-order valence-corrected chi connectivity index (χ0v) is 8.06. The molecular formula is C10H12ClO. The van der Waals surface area contributed by atoms with Crippen LogP contribution in [0, 0.1) is 6.92 Å². The van der Waals surface area contributed by atoms with Gasteiger partial charge in [-0.2, -0.15) is 0 Å². The van der Waals surface area contributed by atoms with Gasteiger partial charge in [0.25, 0.3) is 0 Å². The Hall–Kier alpha value is -0.690. The minimum absolute atomic E-state index is 0.395. The van der Waals surface area contributed by atoms with Gasteiger partial charge in [0.05, 0.1) is 0 Å². The molecular weight excluding hydrogens is 172 g/mol. The maximum atomic E-state index is 5.71. The molecule has 0 spiro atoms. The number of rotatable bonds is 2. The van der Waals surface area contributed by atoms with Crippen molar-refractivity contribution < 1.29 is 4.74 Å². The monoisotopic (exact) mass is 183 g/mol. The lowest BCUT2D eigenvalue weighted by Crippen LogP contribution is -2.23. The van der Waals surface area contributed by atoms with Crippen molar-refractivity contribution >= 4 is 11.6 Å². The molecule has 65 valence electrons. The van der Waals surface area contributed by atoms with Crippen LogP contribution in [0.15, 0.2) is 24.3 Å². The van der Waals surface area contributed by atoms with Crippen molar-refractivity contribution in [1.82, 2.24) is 0 Å². The van der Waals surface area contributed by atoms with Gasteiger partial charge in [0.1, 0.15) is 11.4 Å². The number of halogens is 1. The van der Waals surface area contributed by atoms with Crippen LogP contribution in [-0.2, 0) is 0 Å². The largest absolute Gasteiger partial charge is 0.488 e. The van der Waals surface area contributed by atoms with Gasteiger partial charge in [-0.05, 0) is 45.0 Å². The lowest BCUT2D eigenvalue weighted by Gasteiger charge is -2.20. The maximum absolute atomic E-state index is 5.71. The van der Waals surface area contributed by atoms with Crippen LogP contribution < -0.4 is 4.74 Å². The van der Waals surface area contributed by atoms with E-state index in [2.05, 4.69) is 6.92 Å². The number of hydrogen-bond donors (Lipinski definition) is 0. The Balaban J connectivity index is 2.71. The first kappa shape index (κ1) is 9.40. The Morgan fingerprint density at radius 3 is 2.17 bits per heavy atom. The highest BCUT2D eigenvalue weighted by Gasteiger charge is 2.11. The van der Waals surface area contributed by atoms with E-state index in [-0.39, 0.29) is 0 Å². The molecule has 1 nitrogen and oxygen atoms in total. The van der Waals surface area contributed by atoms with Crippen LogP contribution in [0.5, 0.6) is 5.75 Å². The molecule has 12 heavy (non-hydrogen) atoms. The highest BCUT2D eigenvalue weighted by Crippen LogP contribution is 2.19. The quantitative estimate of drug-likeness (QED) is 0.684. The molecule has 1 aromatic rings. The summed E-state index contributed by atoms with van der Waals surface area (Å²) >= 11 is 5.71. The van der Waals surface area contributed by atoms with Crippen molar-refractivity contribution in [2.75, 3.05) is 0 Å². The van der Waals surface area contributed by atoms with Crippen molar-refractivity contribution in [3.63, 3.8) is 0 Å². The summed E-state index contributed by atoms with van der Waals surface area (Å²) in [4.78, 5) is 0. The molecule has 0 bridgehead atoms. The Bertz CT molecular complexity index is 246. The number of hydrogen-bond acceptors (Lipinski definition) is 1. The summed E-state index contributed by atoms with van der Waals surface area (Å²) in [7, 11) is 0. The van der Waals surface area contributed by atoms with E-state index in [1.807, 2.05) is 26.0 Å². The average Bonchev–Trinajstić information content (AvgIpc) is 1.91. The summed E-state index contributed by atoms with van der Waals surface area (Å²) in [5.41, 5.74) is -0.395. The molecule has 2 heteroatoms. The molecule has 0 saturated heterocycles. The van der Waals surface area contributed by atoms with Gasteiger partial charge in [-0.15, -0.1) is 0 Å². The minimum Gasteiger partial charge on any atom is -0.488 e. The molecule has 0 atom stereocenters. The van der Waals surface area contributed by atoms with E-state index in [1.165, 1.54) is 0 Å². The van der Waals surface area contributed by atoms with Crippen molar-refractivity contribution in [3.05, 3.63) is 36.2 Å². The highest BCUT2D eigenvalue weighted by atomic mass is 35.5. The number of benzene rings is 1. The molecule has 1 radical (unpaired) electrons. The van der Waals surface area contributed by atoms with E-state index in [0.29, 0.717) is 5.02 Å². The maximum Gasteiger partial charge on any atom is 0.120 e. The third kappa shape index (κ3) is 3.14. The molecule has 0 unspecified atom stereocenters. The van der Waals surface area contributed by atoms with Crippen LogP contribution in [-0.4, -0.2) is 5.60 Å². The second-order valence-electron chi connectivity index (χ2n) is 3.32. The minimum atomic E-state index is -0.395. The SMILES string of the molecule is [CH2]C(C)(C)Oc1ccc(Cl)cc1. The van der Waals surface area contributed by atoms with Gasteiger partial charge in [-0.1, -0.05) is 11.6 Å². The third-order valence-corrected chi connectivity index (χ3v) is 1.46. The fourth-order valence-electron chi connectivity index (χ4n) is 0.822. The molecule has 0 fully saturated rings. The van der Waals surface area contributed by atoms with Crippen molar-refractivity contribution in [1.29, 1.82) is 0 Å². The molecule has 0 N–H and O–H groups in total. The fourth-order valence-corrected chi connectivity index (χ4v) is 0.948. The first-order valence-corrected chi connectivity index (χ1v) is 4.15. The summed E-state index contributed by atoms with van der Waals surface area (Å²) in [5.74, 6) is 0.791. The van der Waals surface area contributed by atoms with Crippen LogP contribution in [0.3, 0.4) is 0 Å². The number of ether oxygens (including phenoxy) is 1. The first-order chi connectivity index (χ1) is 5.47. The van der Waals surface area contributed by atoms with Crippen LogP contribution in [0.1, 0.15) is 13.8 Å². The second-order valence-corrected chi connectivity index (χ2v) is 3.75. The third-order valence-electron chi connectivity index (χ3n) is 1.21. The molecule has 0 aromatic heterocycles. The van der Waals surface area contributed by atoms with Crippen molar-refractivity contribution in [3.8, 4) is 5.75 Å². The normalized spacial score (nSPS) is 11.3. The second kappa shape index (κ2) is 3.36. The van der Waals surface area contributed by atoms with E-state index in [4.69, 9.17) is 16.3 Å². The lowest BCUT2D eigenvalue weighted by molar-refractivity contribution is 0.159. The topological polar surface area (TPSA) is 9.23 Å². The van der Waals surface area contributed by atoms with Crippen LogP contribution >= 0.6 is 11.6 Å². The zero-order chi connectivity index (χ0) is 9.19. The van der Waals surface area contributed by atoms with Gasteiger partial charge < -0.3 is 4.74 Å². The molecule has 1 rings (SSSR count). The summed E-state index contributed by atoms with van der Waals surface area (Å²) in [6.07, 6.45) is 0. The Morgan fingerprint density at radius 2 is 1.75 bits per heavy atom. The van der Waals surface area contributed by atoms with Gasteiger partial charge in [-0.3, -0.25) is 0 Å². The molecule has 0 aliphatic heterocycles. The molecule has 0 aliphatic rings. The summed E-state index contributed by atoms with van der Waals surface area (Å²) in [5, 5.41) is 0.712. The van der Waals surface area contributed by atoms with E-state index >= 15 is 0 Å². The van der Waals surface area contributed by atoms with E-state index in [1.54, 1.807) is 12.1 Å². The summed E-state index contributed by atoms with van der Waals surface area (Å²) < 4.78 is 5.49. The zero-order valence-electron chi connectivity index (χ0n) is 7.30. The Labute approximate surface area is 78.3 Å². The first-order valence-electron chi connectivity index (χ1n) is 3.77. The Morgan fingerprint density at radius 1 is 1.25 bits per heavy atom. The standard InChI is InChI=1S/C10H12ClO/c1-10(2,3)12-9-6-4-8(11)5-7-9/h4-7H,1H2,2-3H3. The predicted octanol–water partition coefficient (Wildman–Crippen LogP) is 3.33. The molecule has 0 saturated carbocycles. The smallest absolute Gasteiger partial charge is 0.120 e. The van der Waals surface area contributed by atoms with Crippen molar-refractivity contribution in [2.45, 2.75) is 19.4 Å². The molecule has 0 aliphatic carbocycles. The summed E-state index contributed by atoms with van der Waals surface area (Å²) in [6, 6.07) is 7.25. The van der Waals surface area contributed by atoms with Crippen molar-refractivity contribution in [2.24, 2.45) is 0 Å². The van der Waals surface area contributed by atoms with E-state index < -0.39 is 5.60 Å². The predicted molar refractivity (Wildman–Crippen MR) is 51.5 cm³/mol. The fraction of sp³-hybridized carbons (Fsp3) is 0.300. The summed E-state index contributed by atoms with van der Waals surface area (Å²) in [6.45, 7) is 7.64. The van der Waals surface area contributed by atoms with Crippen LogP contribution in [0.4, 0.5) is 0 Å². The van der Waals surface area contributed by atoms with Crippen LogP contribution in [0.2, 0.25) is 5.02 Å². The molecule has 0 amide bonds. The highest BCUT2D eigenvalue weighted by molar-refractivity contribution is 6.30. The van der Waals surface area contributed by atoms with Gasteiger partial charge in [-0.25, -0.2) is 0 Å². The van der Waals surface area contributed by atoms with Crippen LogP contribution in [0.25, 0.3) is 0 Å². The lowest BCUT2D eigenvalue weighted by atomic mass is 10.2. The van der Waals surface area contributed by atoms with Gasteiger partial charge >= 0.3 is 0 Å². The van der Waals surface area contributed by atoms with E-state index in [9.17, 15) is 0 Å². The van der Waals surface area contributed by atoms with Gasteiger partial charge in [0, 0.05) is 5.02 Å². The van der Waals surface area contributed by atoms with Gasteiger partial charge in [0.15, 0.2) is 0 Å². The average molecular weight is 184 g/mol. The van der Waals surface area contributed by atoms with Gasteiger partial charge in [0.2, 0.25) is 0 Å². The Kier molecular flexibility index (Phi) is 2.63. The van der Waals surface area contributed by atoms with E-state index in [0.717, 1.165) is 5.75 Å². The molecule has 0 heterocycles. The molecule has 1 aromatic carbocycles.